The molecule has 0 aliphatic rings. The minimum atomic E-state index is -0.230. The molecule has 0 radical (unpaired) electrons. The van der Waals surface area contributed by atoms with Gasteiger partial charge >= 0.3 is 0 Å². The van der Waals surface area contributed by atoms with Crippen LogP contribution in [-0.4, -0.2) is 35.4 Å². The summed E-state index contributed by atoms with van der Waals surface area (Å²) in [6.07, 6.45) is 0.524. The van der Waals surface area contributed by atoms with Crippen molar-refractivity contribution in [3.05, 3.63) is 67.9 Å². The lowest BCUT2D eigenvalue weighted by molar-refractivity contribution is 0.102. The van der Waals surface area contributed by atoms with E-state index in [1.165, 1.54) is 11.3 Å². The van der Waals surface area contributed by atoms with E-state index >= 15 is 0 Å². The summed E-state index contributed by atoms with van der Waals surface area (Å²) >= 11 is 12.7. The van der Waals surface area contributed by atoms with Gasteiger partial charge in [0, 0.05) is 18.0 Å². The van der Waals surface area contributed by atoms with Crippen molar-refractivity contribution in [2.24, 2.45) is 7.05 Å². The van der Waals surface area contributed by atoms with Gasteiger partial charge in [0.05, 0.1) is 34.2 Å². The minimum Gasteiger partial charge on any atom is -0.307 e. The van der Waals surface area contributed by atoms with Gasteiger partial charge in [-0.2, -0.15) is 10.2 Å². The van der Waals surface area contributed by atoms with Crippen molar-refractivity contribution < 1.29 is 4.79 Å². The lowest BCUT2D eigenvalue weighted by Gasteiger charge is -2.06. The molecule has 4 rings (SSSR count). The van der Waals surface area contributed by atoms with Crippen LogP contribution in [0.1, 0.15) is 33.3 Å². The number of rotatable bonds is 5. The number of anilines is 1. The van der Waals surface area contributed by atoms with Gasteiger partial charge in [0.25, 0.3) is 5.91 Å². The second kappa shape index (κ2) is 8.13. The molecule has 154 valence electrons. The fraction of sp³-hybridized carbons (Fsp3) is 0.211. The van der Waals surface area contributed by atoms with Gasteiger partial charge < -0.3 is 4.57 Å². The molecule has 3 aromatic heterocycles. The fourth-order valence-electron chi connectivity index (χ4n) is 2.94. The Hall–Kier alpha value is -2.82. The number of H-pyrrole nitrogens is 1. The van der Waals surface area contributed by atoms with E-state index in [0.717, 1.165) is 28.6 Å². The van der Waals surface area contributed by atoms with Gasteiger partial charge in [0.15, 0.2) is 9.90 Å². The quantitative estimate of drug-likeness (QED) is 0.435. The predicted octanol–water partition coefficient (Wildman–Crippen LogP) is 4.23. The van der Waals surface area contributed by atoms with Crippen LogP contribution >= 0.6 is 35.2 Å². The average Bonchev–Trinajstić information content (AvgIpc) is 3.39. The van der Waals surface area contributed by atoms with Crippen molar-refractivity contribution in [2.45, 2.75) is 20.3 Å². The molecule has 0 aliphatic carbocycles. The highest BCUT2D eigenvalue weighted by Gasteiger charge is 2.13. The summed E-state index contributed by atoms with van der Waals surface area (Å²) in [5.74, 6) is 0.551. The van der Waals surface area contributed by atoms with Crippen LogP contribution in [0.3, 0.4) is 0 Å². The lowest BCUT2D eigenvalue weighted by Crippen LogP contribution is -2.12. The maximum absolute atomic E-state index is 12.6. The number of aromatic nitrogens is 6. The van der Waals surface area contributed by atoms with Gasteiger partial charge in [-0.05, 0) is 50.3 Å². The Labute approximate surface area is 186 Å². The van der Waals surface area contributed by atoms with Crippen LogP contribution in [0.25, 0.3) is 5.69 Å². The Kier molecular flexibility index (Phi) is 5.54. The van der Waals surface area contributed by atoms with E-state index in [2.05, 4.69) is 25.6 Å². The molecule has 30 heavy (non-hydrogen) atoms. The van der Waals surface area contributed by atoms with Gasteiger partial charge in [-0.3, -0.25) is 15.2 Å². The number of carbonyl (C=O) groups is 1. The first-order valence-electron chi connectivity index (χ1n) is 9.01. The van der Waals surface area contributed by atoms with Crippen LogP contribution in [0.15, 0.2) is 29.6 Å². The van der Waals surface area contributed by atoms with Gasteiger partial charge in [-0.1, -0.05) is 11.6 Å². The van der Waals surface area contributed by atoms with Crippen molar-refractivity contribution >= 4 is 46.2 Å². The van der Waals surface area contributed by atoms with Crippen molar-refractivity contribution in [3.63, 3.8) is 0 Å². The average molecular weight is 460 g/mol. The Balaban J connectivity index is 1.45. The second-order valence-corrected chi connectivity index (χ2v) is 8.35. The third-order valence-corrected chi connectivity index (χ3v) is 6.38. The van der Waals surface area contributed by atoms with E-state index in [4.69, 9.17) is 23.8 Å². The van der Waals surface area contributed by atoms with Gasteiger partial charge in [0.2, 0.25) is 0 Å². The Morgan fingerprint density at radius 3 is 2.63 bits per heavy atom. The Bertz CT molecular complexity index is 1280. The third kappa shape index (κ3) is 3.93. The first kappa shape index (κ1) is 20.5. The number of halogens is 1. The summed E-state index contributed by atoms with van der Waals surface area (Å²) < 4.78 is 4.11. The van der Waals surface area contributed by atoms with E-state index in [0.29, 0.717) is 26.9 Å². The summed E-state index contributed by atoms with van der Waals surface area (Å²) in [6.45, 7) is 3.76. The molecule has 3 heterocycles. The summed E-state index contributed by atoms with van der Waals surface area (Å²) in [4.78, 5) is 17.1. The van der Waals surface area contributed by atoms with Crippen LogP contribution in [0.5, 0.6) is 0 Å². The number of hydrogen-bond acceptors (Lipinski definition) is 6. The number of benzene rings is 1. The molecule has 0 spiro atoms. The number of nitrogens with one attached hydrogen (secondary N) is 2. The molecular formula is C19H18ClN7OS2. The van der Waals surface area contributed by atoms with E-state index in [-0.39, 0.29) is 5.91 Å². The second-order valence-electron chi connectivity index (χ2n) is 6.72. The topological polar surface area (TPSA) is 93.4 Å². The number of thiazole rings is 1. The highest BCUT2D eigenvalue weighted by atomic mass is 35.5. The van der Waals surface area contributed by atoms with E-state index < -0.39 is 0 Å². The first-order valence-corrected chi connectivity index (χ1v) is 10.7. The normalized spacial score (nSPS) is 11.1. The summed E-state index contributed by atoms with van der Waals surface area (Å²) in [6, 6.07) is 7.17. The van der Waals surface area contributed by atoms with Gasteiger partial charge in [-0.15, -0.1) is 11.3 Å². The number of nitrogens with zero attached hydrogens (tertiary/aromatic N) is 5. The molecule has 1 aromatic carbocycles. The van der Waals surface area contributed by atoms with Crippen molar-refractivity contribution in [1.29, 1.82) is 0 Å². The number of aryl methyl sites for hydroxylation is 1. The third-order valence-electron chi connectivity index (χ3n) is 4.66. The zero-order chi connectivity index (χ0) is 21.4. The smallest absolute Gasteiger partial charge is 0.257 e. The number of amides is 1. The van der Waals surface area contributed by atoms with E-state index in [1.54, 1.807) is 21.4 Å². The van der Waals surface area contributed by atoms with Crippen molar-refractivity contribution in [3.8, 4) is 5.69 Å². The van der Waals surface area contributed by atoms with E-state index in [1.807, 2.05) is 38.4 Å². The molecule has 0 fully saturated rings. The molecule has 0 bridgehead atoms. The Morgan fingerprint density at radius 2 is 2.03 bits per heavy atom. The lowest BCUT2D eigenvalue weighted by atomic mass is 10.2. The molecule has 0 aliphatic heterocycles. The Morgan fingerprint density at radius 1 is 1.30 bits per heavy atom. The number of aromatic amines is 1. The number of hydrogen-bond donors (Lipinski definition) is 2. The highest BCUT2D eigenvalue weighted by molar-refractivity contribution is 7.71. The van der Waals surface area contributed by atoms with Gasteiger partial charge in [-0.25, -0.2) is 9.67 Å². The standard InChI is InChI=1S/C19H18ClN7OS2/c1-10-16(20)11(2)27(25-10)14-6-4-12(5-7-14)17(28)22-18-21-13(9-30-18)8-15-23-24-19(29)26(15)3/h4-7,9H,8H2,1-3H3,(H,24,29)(H,21,22,28). The minimum absolute atomic E-state index is 0.230. The summed E-state index contributed by atoms with van der Waals surface area (Å²) in [7, 11) is 1.85. The molecule has 0 unspecified atom stereocenters. The van der Waals surface area contributed by atoms with Crippen LogP contribution in [0.2, 0.25) is 5.02 Å². The largest absolute Gasteiger partial charge is 0.307 e. The number of carbonyl (C=O) groups excluding carboxylic acids is 1. The van der Waals surface area contributed by atoms with Crippen LogP contribution < -0.4 is 5.32 Å². The molecule has 2 N–H and O–H groups in total. The highest BCUT2D eigenvalue weighted by Crippen LogP contribution is 2.23. The molecule has 1 amide bonds. The zero-order valence-electron chi connectivity index (χ0n) is 16.4. The summed E-state index contributed by atoms with van der Waals surface area (Å²) in [5, 5.41) is 17.3. The maximum Gasteiger partial charge on any atom is 0.257 e. The summed E-state index contributed by atoms with van der Waals surface area (Å²) in [5.41, 5.74) is 3.79. The molecule has 0 atom stereocenters. The zero-order valence-corrected chi connectivity index (χ0v) is 18.8. The van der Waals surface area contributed by atoms with Gasteiger partial charge in [0.1, 0.15) is 5.82 Å². The van der Waals surface area contributed by atoms with Crippen molar-refractivity contribution in [2.75, 3.05) is 5.32 Å². The van der Waals surface area contributed by atoms with Crippen molar-refractivity contribution in [1.82, 2.24) is 29.5 Å². The molecule has 0 saturated carbocycles. The fourth-order valence-corrected chi connectivity index (χ4v) is 3.92. The van der Waals surface area contributed by atoms with Crippen LogP contribution in [0, 0.1) is 18.6 Å². The predicted molar refractivity (Wildman–Crippen MR) is 119 cm³/mol. The molecular weight excluding hydrogens is 442 g/mol. The molecule has 4 aromatic rings. The maximum atomic E-state index is 12.6. The van der Waals surface area contributed by atoms with E-state index in [9.17, 15) is 4.79 Å². The molecule has 11 heteroatoms. The van der Waals surface area contributed by atoms with Crippen LogP contribution in [0.4, 0.5) is 5.13 Å². The monoisotopic (exact) mass is 459 g/mol. The van der Waals surface area contributed by atoms with Crippen LogP contribution in [-0.2, 0) is 13.5 Å². The molecule has 0 saturated heterocycles. The first-order chi connectivity index (χ1) is 14.3. The molecule has 8 nitrogen and oxygen atoms in total. The SMILES string of the molecule is Cc1nn(-c2ccc(C(=O)Nc3nc(Cc4n[nH]c(=S)n4C)cs3)cc2)c(C)c1Cl.